The maximum atomic E-state index is 12.4. The zero-order valence-corrected chi connectivity index (χ0v) is 12.6. The van der Waals surface area contributed by atoms with Crippen LogP contribution < -0.4 is 0 Å². The lowest BCUT2D eigenvalue weighted by molar-refractivity contribution is 0.0123. The lowest BCUT2D eigenvalue weighted by Crippen LogP contribution is -2.33. The van der Waals surface area contributed by atoms with Crippen LogP contribution in [0, 0.1) is 17.8 Å². The molecule has 1 amide bonds. The van der Waals surface area contributed by atoms with Gasteiger partial charge in [0.25, 0.3) is 5.91 Å². The summed E-state index contributed by atoms with van der Waals surface area (Å²) in [4.78, 5) is 23.9. The molecule has 3 aliphatic rings. The molecule has 4 rings (SSSR count). The molecular weight excluding hydrogens is 268 g/mol. The molecular formula is C15H20N4O2. The molecule has 0 bridgehead atoms. The van der Waals surface area contributed by atoms with Gasteiger partial charge in [0.05, 0.1) is 12.0 Å². The van der Waals surface area contributed by atoms with E-state index in [1.54, 1.807) is 17.1 Å². The molecule has 3 heterocycles. The zero-order chi connectivity index (χ0) is 14.8. The van der Waals surface area contributed by atoms with Gasteiger partial charge < -0.3 is 14.3 Å². The van der Waals surface area contributed by atoms with Crippen LogP contribution in [0.4, 0.5) is 0 Å². The number of hydrogen-bond donors (Lipinski definition) is 0. The van der Waals surface area contributed by atoms with Gasteiger partial charge in [-0.15, -0.1) is 0 Å². The fourth-order valence-corrected chi connectivity index (χ4v) is 3.73. The Morgan fingerprint density at radius 2 is 2.10 bits per heavy atom. The smallest absolute Gasteiger partial charge is 0.274 e. The summed E-state index contributed by atoms with van der Waals surface area (Å²) >= 11 is 0. The minimum Gasteiger partial charge on any atom is -0.389 e. The molecule has 1 aromatic rings. The van der Waals surface area contributed by atoms with E-state index >= 15 is 0 Å². The lowest BCUT2D eigenvalue weighted by Gasteiger charge is -2.19. The Hall–Kier alpha value is -1.85. The van der Waals surface area contributed by atoms with E-state index in [-0.39, 0.29) is 11.5 Å². The molecule has 0 N–H and O–H groups in total. The molecule has 2 unspecified atom stereocenters. The Kier molecular flexibility index (Phi) is 2.50. The molecule has 1 aromatic heterocycles. The van der Waals surface area contributed by atoms with Gasteiger partial charge in [0, 0.05) is 38.7 Å². The number of aromatic nitrogens is 2. The average molecular weight is 288 g/mol. The van der Waals surface area contributed by atoms with E-state index in [4.69, 9.17) is 4.84 Å². The number of carbonyl (C=O) groups is 1. The average Bonchev–Trinajstić information content (AvgIpc) is 2.84. The first kappa shape index (κ1) is 12.9. The van der Waals surface area contributed by atoms with E-state index in [1.807, 2.05) is 11.9 Å². The number of rotatable bonds is 2. The summed E-state index contributed by atoms with van der Waals surface area (Å²) in [6.07, 6.45) is 4.36. The predicted octanol–water partition coefficient (Wildman–Crippen LogP) is 1.29. The van der Waals surface area contributed by atoms with Gasteiger partial charge in [0.1, 0.15) is 11.3 Å². The minimum atomic E-state index is -0.157. The van der Waals surface area contributed by atoms with E-state index in [0.717, 1.165) is 19.5 Å². The zero-order valence-electron chi connectivity index (χ0n) is 12.6. The summed E-state index contributed by atoms with van der Waals surface area (Å²) in [5.74, 6) is 1.70. The first-order valence-corrected chi connectivity index (χ1v) is 7.47. The van der Waals surface area contributed by atoms with E-state index in [0.29, 0.717) is 23.4 Å². The highest BCUT2D eigenvalue weighted by Gasteiger charge is 2.60. The Morgan fingerprint density at radius 1 is 1.38 bits per heavy atom. The van der Waals surface area contributed by atoms with Crippen LogP contribution in [-0.2, 0) is 11.9 Å². The van der Waals surface area contributed by atoms with Crippen molar-refractivity contribution in [3.63, 3.8) is 0 Å². The van der Waals surface area contributed by atoms with Gasteiger partial charge in [-0.3, -0.25) is 4.79 Å². The third kappa shape index (κ3) is 2.04. The third-order valence-corrected chi connectivity index (χ3v) is 4.81. The Balaban J connectivity index is 1.39. The van der Waals surface area contributed by atoms with Crippen molar-refractivity contribution in [1.82, 2.24) is 14.5 Å². The van der Waals surface area contributed by atoms with Crippen molar-refractivity contribution in [2.45, 2.75) is 25.9 Å². The molecule has 6 heteroatoms. The number of piperidine rings is 1. The van der Waals surface area contributed by atoms with Gasteiger partial charge >= 0.3 is 0 Å². The molecule has 0 aromatic carbocycles. The number of nitrogens with zero attached hydrogens (tertiary/aromatic N) is 4. The van der Waals surface area contributed by atoms with E-state index in [1.165, 1.54) is 5.71 Å². The largest absolute Gasteiger partial charge is 0.389 e. The molecule has 2 aliphatic heterocycles. The molecule has 2 fully saturated rings. The van der Waals surface area contributed by atoms with Crippen LogP contribution in [0.3, 0.4) is 0 Å². The number of oxime groups is 1. The Bertz CT molecular complexity index is 621. The quantitative estimate of drug-likeness (QED) is 0.824. The van der Waals surface area contributed by atoms with Crippen LogP contribution in [0.25, 0.3) is 0 Å². The van der Waals surface area contributed by atoms with Crippen molar-refractivity contribution in [1.29, 1.82) is 0 Å². The van der Waals surface area contributed by atoms with Crippen LogP contribution in [-0.4, -0.2) is 44.8 Å². The van der Waals surface area contributed by atoms with E-state index < -0.39 is 0 Å². The van der Waals surface area contributed by atoms with Crippen molar-refractivity contribution in [3.8, 4) is 0 Å². The van der Waals surface area contributed by atoms with Crippen LogP contribution in [0.1, 0.15) is 30.8 Å². The summed E-state index contributed by atoms with van der Waals surface area (Å²) < 4.78 is 1.81. The van der Waals surface area contributed by atoms with Crippen LogP contribution in [0.5, 0.6) is 0 Å². The minimum absolute atomic E-state index is 0.0477. The summed E-state index contributed by atoms with van der Waals surface area (Å²) in [6.45, 7) is 5.78. The van der Waals surface area contributed by atoms with Gasteiger partial charge in [-0.25, -0.2) is 4.98 Å². The Morgan fingerprint density at radius 3 is 2.62 bits per heavy atom. The second-order valence-corrected chi connectivity index (χ2v) is 7.10. The number of hydrogen-bond acceptors (Lipinski definition) is 4. The summed E-state index contributed by atoms with van der Waals surface area (Å²) in [5.41, 5.74) is 1.58. The highest BCUT2D eigenvalue weighted by atomic mass is 16.7. The maximum Gasteiger partial charge on any atom is 0.274 e. The fraction of sp³-hybridized carbons (Fsp3) is 0.667. The molecule has 0 radical (unpaired) electrons. The standard InChI is InChI=1S/C15H20N4O2/c1-15(2)4-11(17-21-15)13-9-5-19(6-10(9)13)14(20)12-7-18(3)8-16-12/h7-10,13H,4-6H2,1-3H3. The SMILES string of the molecule is Cn1cnc(C(=O)N2CC3C(C2)C3C2=NOC(C)(C)C2)c1. The summed E-state index contributed by atoms with van der Waals surface area (Å²) in [5, 5.41) is 4.26. The van der Waals surface area contributed by atoms with Gasteiger partial charge in [-0.1, -0.05) is 5.16 Å². The van der Waals surface area contributed by atoms with Crippen LogP contribution in [0.2, 0.25) is 0 Å². The molecule has 0 spiro atoms. The number of imidazole rings is 1. The number of likely N-dealkylation sites (tertiary alicyclic amines) is 1. The van der Waals surface area contributed by atoms with Crippen molar-refractivity contribution < 1.29 is 9.63 Å². The monoisotopic (exact) mass is 288 g/mol. The predicted molar refractivity (Wildman–Crippen MR) is 76.8 cm³/mol. The molecule has 112 valence electrons. The van der Waals surface area contributed by atoms with Crippen molar-refractivity contribution in [2.24, 2.45) is 30.0 Å². The highest BCUT2D eigenvalue weighted by molar-refractivity contribution is 5.94. The second-order valence-electron chi connectivity index (χ2n) is 7.10. The summed E-state index contributed by atoms with van der Waals surface area (Å²) in [6, 6.07) is 0. The molecule has 1 saturated heterocycles. The lowest BCUT2D eigenvalue weighted by atomic mass is 9.98. The van der Waals surface area contributed by atoms with Crippen molar-refractivity contribution in [2.75, 3.05) is 13.1 Å². The number of aryl methyl sites for hydroxylation is 1. The Labute approximate surface area is 123 Å². The maximum absolute atomic E-state index is 12.4. The summed E-state index contributed by atoms with van der Waals surface area (Å²) in [7, 11) is 1.88. The van der Waals surface area contributed by atoms with Crippen LogP contribution in [0.15, 0.2) is 17.7 Å². The van der Waals surface area contributed by atoms with Gasteiger partial charge in [0.2, 0.25) is 0 Å². The van der Waals surface area contributed by atoms with Gasteiger partial charge in [-0.2, -0.15) is 0 Å². The normalized spacial score (nSPS) is 32.6. The van der Waals surface area contributed by atoms with Crippen molar-refractivity contribution >= 4 is 11.6 Å². The fourth-order valence-electron chi connectivity index (χ4n) is 3.73. The first-order chi connectivity index (χ1) is 9.94. The highest BCUT2D eigenvalue weighted by Crippen LogP contribution is 2.54. The second kappa shape index (κ2) is 4.08. The first-order valence-electron chi connectivity index (χ1n) is 7.47. The van der Waals surface area contributed by atoms with Crippen molar-refractivity contribution in [3.05, 3.63) is 18.2 Å². The van der Waals surface area contributed by atoms with E-state index in [9.17, 15) is 4.79 Å². The molecule has 21 heavy (non-hydrogen) atoms. The third-order valence-electron chi connectivity index (χ3n) is 4.81. The van der Waals surface area contributed by atoms with Gasteiger partial charge in [-0.05, 0) is 25.7 Å². The number of fused-ring (bicyclic) bond motifs is 1. The van der Waals surface area contributed by atoms with Crippen LogP contribution >= 0.6 is 0 Å². The molecule has 1 saturated carbocycles. The molecule has 2 atom stereocenters. The van der Waals surface area contributed by atoms with Gasteiger partial charge in [0.15, 0.2) is 0 Å². The number of amides is 1. The number of carbonyl (C=O) groups excluding carboxylic acids is 1. The molecule has 6 nitrogen and oxygen atoms in total. The topological polar surface area (TPSA) is 59.7 Å². The molecule has 1 aliphatic carbocycles. The van der Waals surface area contributed by atoms with E-state index in [2.05, 4.69) is 24.0 Å².